The molecule has 0 spiro atoms. The molecule has 1 rings (SSSR count). The summed E-state index contributed by atoms with van der Waals surface area (Å²) in [5.41, 5.74) is 0.364. The van der Waals surface area contributed by atoms with Gasteiger partial charge in [-0.1, -0.05) is 0 Å². The Morgan fingerprint density at radius 3 is 2.30 bits per heavy atom. The quantitative estimate of drug-likeness (QED) is 0.787. The van der Waals surface area contributed by atoms with Crippen molar-refractivity contribution in [3.8, 4) is 5.75 Å². The van der Waals surface area contributed by atoms with E-state index in [1.165, 1.54) is 7.11 Å². The minimum atomic E-state index is -1.14. The van der Waals surface area contributed by atoms with Crippen LogP contribution >= 0.6 is 0 Å². The monoisotopic (exact) mass is 281 g/mol. The summed E-state index contributed by atoms with van der Waals surface area (Å²) in [7, 11) is 1.38. The van der Waals surface area contributed by atoms with Crippen molar-refractivity contribution in [1.29, 1.82) is 0 Å². The highest BCUT2D eigenvalue weighted by molar-refractivity contribution is 5.96. The van der Waals surface area contributed by atoms with Gasteiger partial charge in [0.1, 0.15) is 5.75 Å². The Kier molecular flexibility index (Phi) is 5.99. The van der Waals surface area contributed by atoms with Crippen LogP contribution in [-0.2, 0) is 9.53 Å². The van der Waals surface area contributed by atoms with Crippen molar-refractivity contribution in [3.63, 3.8) is 0 Å². The van der Waals surface area contributed by atoms with Crippen LogP contribution in [0.3, 0.4) is 0 Å². The Labute approximate surface area is 117 Å². The van der Waals surface area contributed by atoms with Crippen LogP contribution in [0.25, 0.3) is 0 Å². The van der Waals surface area contributed by atoms with E-state index in [-0.39, 0.29) is 12.7 Å². The third kappa shape index (κ3) is 4.89. The molecule has 1 unspecified atom stereocenters. The topological polar surface area (TPSA) is 84.9 Å². The lowest BCUT2D eigenvalue weighted by atomic mass is 10.2. The Balaban J connectivity index is 2.69. The molecule has 110 valence electrons. The molecule has 0 aliphatic rings. The van der Waals surface area contributed by atoms with Gasteiger partial charge in [0.15, 0.2) is 6.04 Å². The molecule has 0 saturated carbocycles. The number of hydrogen-bond acceptors (Lipinski definition) is 4. The van der Waals surface area contributed by atoms with E-state index in [2.05, 4.69) is 5.32 Å². The van der Waals surface area contributed by atoms with Gasteiger partial charge in [-0.25, -0.2) is 4.79 Å². The van der Waals surface area contributed by atoms with E-state index in [4.69, 9.17) is 14.6 Å². The van der Waals surface area contributed by atoms with Gasteiger partial charge < -0.3 is 19.9 Å². The maximum Gasteiger partial charge on any atom is 0.328 e. The van der Waals surface area contributed by atoms with Crippen LogP contribution in [0.1, 0.15) is 24.2 Å². The van der Waals surface area contributed by atoms with Crippen molar-refractivity contribution in [2.75, 3.05) is 13.7 Å². The number of hydrogen-bond donors (Lipinski definition) is 2. The average molecular weight is 281 g/mol. The summed E-state index contributed by atoms with van der Waals surface area (Å²) in [6.45, 7) is 3.72. The van der Waals surface area contributed by atoms with E-state index < -0.39 is 17.9 Å². The second kappa shape index (κ2) is 7.49. The number of carboxylic acids is 1. The molecule has 2 N–H and O–H groups in total. The molecule has 1 amide bonds. The summed E-state index contributed by atoms with van der Waals surface area (Å²) in [6.07, 6.45) is 0.0489. The highest BCUT2D eigenvalue weighted by atomic mass is 16.5. The zero-order chi connectivity index (χ0) is 15.1. The number of amides is 1. The maximum absolute atomic E-state index is 11.9. The molecule has 6 heteroatoms. The predicted octanol–water partition coefficient (Wildman–Crippen LogP) is 1.30. The Morgan fingerprint density at radius 2 is 1.85 bits per heavy atom. The number of aliphatic carboxylic acids is 1. The van der Waals surface area contributed by atoms with Crippen molar-refractivity contribution in [3.05, 3.63) is 29.8 Å². The summed E-state index contributed by atoms with van der Waals surface area (Å²) < 4.78 is 10.2. The van der Waals surface area contributed by atoms with Crippen molar-refractivity contribution in [2.24, 2.45) is 0 Å². The van der Waals surface area contributed by atoms with Crippen molar-refractivity contribution in [1.82, 2.24) is 5.32 Å². The van der Waals surface area contributed by atoms with Crippen molar-refractivity contribution >= 4 is 11.9 Å². The third-order valence-corrected chi connectivity index (χ3v) is 2.43. The number of carbonyl (C=O) groups is 2. The van der Waals surface area contributed by atoms with Crippen LogP contribution in [0.5, 0.6) is 5.75 Å². The van der Waals surface area contributed by atoms with Gasteiger partial charge in [0.2, 0.25) is 0 Å². The van der Waals surface area contributed by atoms with Gasteiger partial charge in [0.25, 0.3) is 5.91 Å². The minimum Gasteiger partial charge on any atom is -0.491 e. The molecule has 0 radical (unpaired) electrons. The van der Waals surface area contributed by atoms with Gasteiger partial charge in [-0.05, 0) is 38.1 Å². The second-order valence-electron chi connectivity index (χ2n) is 4.51. The van der Waals surface area contributed by atoms with Gasteiger partial charge >= 0.3 is 5.97 Å². The number of ether oxygens (including phenoxy) is 2. The first-order valence-electron chi connectivity index (χ1n) is 6.23. The van der Waals surface area contributed by atoms with Crippen molar-refractivity contribution < 1.29 is 24.2 Å². The van der Waals surface area contributed by atoms with Gasteiger partial charge in [-0.2, -0.15) is 0 Å². The van der Waals surface area contributed by atoms with Crippen LogP contribution in [0.4, 0.5) is 0 Å². The van der Waals surface area contributed by atoms with E-state index in [9.17, 15) is 9.59 Å². The summed E-state index contributed by atoms with van der Waals surface area (Å²) >= 11 is 0. The lowest BCUT2D eigenvalue weighted by Crippen LogP contribution is -2.43. The van der Waals surface area contributed by atoms with E-state index in [1.54, 1.807) is 24.3 Å². The largest absolute Gasteiger partial charge is 0.491 e. The van der Waals surface area contributed by atoms with Gasteiger partial charge in [-0.3, -0.25) is 4.79 Å². The first-order chi connectivity index (χ1) is 9.43. The van der Waals surface area contributed by atoms with E-state index >= 15 is 0 Å². The van der Waals surface area contributed by atoms with Crippen LogP contribution < -0.4 is 10.1 Å². The Bertz CT molecular complexity index is 455. The molecule has 20 heavy (non-hydrogen) atoms. The SMILES string of the molecule is COCC(NC(=O)c1ccc(OC(C)C)cc1)C(=O)O. The highest BCUT2D eigenvalue weighted by Gasteiger charge is 2.20. The Hall–Kier alpha value is -2.08. The number of carbonyl (C=O) groups excluding carboxylic acids is 1. The molecule has 6 nitrogen and oxygen atoms in total. The highest BCUT2D eigenvalue weighted by Crippen LogP contribution is 2.13. The number of rotatable bonds is 7. The normalized spacial score (nSPS) is 12.0. The molecule has 1 atom stereocenters. The van der Waals surface area contributed by atoms with Crippen LogP contribution in [-0.4, -0.2) is 42.8 Å². The number of nitrogens with one attached hydrogen (secondary N) is 1. The fourth-order valence-corrected chi connectivity index (χ4v) is 1.54. The molecule has 0 aromatic heterocycles. The van der Waals surface area contributed by atoms with Crippen LogP contribution in [0.15, 0.2) is 24.3 Å². The molecule has 0 fully saturated rings. The van der Waals surface area contributed by atoms with E-state index in [0.717, 1.165) is 0 Å². The standard InChI is InChI=1S/C14H19NO5/c1-9(2)20-11-6-4-10(5-7-11)13(16)15-12(8-19-3)14(17)18/h4-7,9,12H,8H2,1-3H3,(H,15,16)(H,17,18). The molecule has 1 aromatic rings. The fraction of sp³-hybridized carbons (Fsp3) is 0.429. The zero-order valence-electron chi connectivity index (χ0n) is 11.8. The smallest absolute Gasteiger partial charge is 0.328 e. The molecule has 0 saturated heterocycles. The third-order valence-electron chi connectivity index (χ3n) is 2.43. The number of carboxylic acid groups (broad SMARTS) is 1. The molecule has 0 bridgehead atoms. The second-order valence-corrected chi connectivity index (χ2v) is 4.51. The Morgan fingerprint density at radius 1 is 1.25 bits per heavy atom. The number of benzene rings is 1. The minimum absolute atomic E-state index is 0.0489. The lowest BCUT2D eigenvalue weighted by Gasteiger charge is -2.14. The van der Waals surface area contributed by atoms with Gasteiger partial charge in [-0.15, -0.1) is 0 Å². The molecule has 0 aliphatic carbocycles. The maximum atomic E-state index is 11.9. The van der Waals surface area contributed by atoms with Gasteiger partial charge in [0, 0.05) is 12.7 Å². The fourth-order valence-electron chi connectivity index (χ4n) is 1.54. The first-order valence-corrected chi connectivity index (χ1v) is 6.23. The summed E-state index contributed by atoms with van der Waals surface area (Å²) in [4.78, 5) is 22.8. The summed E-state index contributed by atoms with van der Waals surface area (Å²) in [5, 5.41) is 11.3. The number of methoxy groups -OCH3 is 1. The van der Waals surface area contributed by atoms with E-state index in [1.807, 2.05) is 13.8 Å². The van der Waals surface area contributed by atoms with Crippen molar-refractivity contribution in [2.45, 2.75) is 26.0 Å². The summed E-state index contributed by atoms with van der Waals surface area (Å²) in [5.74, 6) is -0.950. The molecule has 0 aliphatic heterocycles. The van der Waals surface area contributed by atoms with Crippen LogP contribution in [0, 0.1) is 0 Å². The van der Waals surface area contributed by atoms with Gasteiger partial charge in [0.05, 0.1) is 12.7 Å². The molecule has 1 aromatic carbocycles. The van der Waals surface area contributed by atoms with Crippen LogP contribution in [0.2, 0.25) is 0 Å². The zero-order valence-corrected chi connectivity index (χ0v) is 11.8. The predicted molar refractivity (Wildman–Crippen MR) is 73.0 cm³/mol. The molecular weight excluding hydrogens is 262 g/mol. The first kappa shape index (κ1) is 16.0. The lowest BCUT2D eigenvalue weighted by molar-refractivity contribution is -0.140. The molecular formula is C14H19NO5. The average Bonchev–Trinajstić information content (AvgIpc) is 2.38. The molecule has 0 heterocycles. The summed E-state index contributed by atoms with van der Waals surface area (Å²) in [6, 6.07) is 5.43. The van der Waals surface area contributed by atoms with E-state index in [0.29, 0.717) is 11.3 Å².